The quantitative estimate of drug-likeness (QED) is 0.720. The van der Waals surface area contributed by atoms with E-state index in [0.29, 0.717) is 30.6 Å². The first-order valence-electron chi connectivity index (χ1n) is 6.99. The van der Waals surface area contributed by atoms with Crippen LogP contribution in [-0.4, -0.2) is 25.9 Å². The summed E-state index contributed by atoms with van der Waals surface area (Å²) in [5.74, 6) is 1.87. The molecule has 112 valence electrons. The van der Waals surface area contributed by atoms with Gasteiger partial charge in [0.2, 0.25) is 0 Å². The van der Waals surface area contributed by atoms with Gasteiger partial charge in [0.05, 0.1) is 6.61 Å². The molecule has 0 radical (unpaired) electrons. The van der Waals surface area contributed by atoms with Gasteiger partial charge in [0.1, 0.15) is 0 Å². The van der Waals surface area contributed by atoms with Gasteiger partial charge in [0.25, 0.3) is 0 Å². The van der Waals surface area contributed by atoms with Gasteiger partial charge >= 0.3 is 6.03 Å². The van der Waals surface area contributed by atoms with Crippen molar-refractivity contribution in [2.24, 2.45) is 5.92 Å². The number of benzene rings is 1. The fourth-order valence-corrected chi connectivity index (χ4v) is 1.56. The van der Waals surface area contributed by atoms with Crippen molar-refractivity contribution in [3.05, 3.63) is 24.3 Å². The van der Waals surface area contributed by atoms with Crippen LogP contribution in [0.5, 0.6) is 11.5 Å². The van der Waals surface area contributed by atoms with E-state index in [4.69, 9.17) is 9.47 Å². The van der Waals surface area contributed by atoms with Crippen LogP contribution in [-0.2, 0) is 0 Å². The molecule has 1 rings (SSSR count). The Morgan fingerprint density at radius 2 is 1.80 bits per heavy atom. The largest absolute Gasteiger partial charge is 0.490 e. The summed E-state index contributed by atoms with van der Waals surface area (Å²) >= 11 is 0. The van der Waals surface area contributed by atoms with E-state index in [1.807, 2.05) is 31.2 Å². The van der Waals surface area contributed by atoms with E-state index in [9.17, 15) is 4.79 Å². The minimum Gasteiger partial charge on any atom is -0.490 e. The molecule has 2 amide bonds. The second kappa shape index (κ2) is 9.07. The molecule has 0 spiro atoms. The maximum absolute atomic E-state index is 11.5. The lowest BCUT2D eigenvalue weighted by atomic mass is 10.1. The monoisotopic (exact) mass is 280 g/mol. The van der Waals surface area contributed by atoms with Crippen molar-refractivity contribution in [2.75, 3.05) is 19.9 Å². The Hall–Kier alpha value is -1.91. The summed E-state index contributed by atoms with van der Waals surface area (Å²) < 4.78 is 10.9. The second-order valence-electron chi connectivity index (χ2n) is 4.78. The summed E-state index contributed by atoms with van der Waals surface area (Å²) in [5, 5.41) is 5.43. The lowest BCUT2D eigenvalue weighted by Crippen LogP contribution is -2.38. The van der Waals surface area contributed by atoms with Gasteiger partial charge in [-0.05, 0) is 31.4 Å². The number of para-hydroxylation sites is 2. The number of ether oxygens (including phenoxy) is 2. The summed E-state index contributed by atoms with van der Waals surface area (Å²) in [7, 11) is 0. The highest BCUT2D eigenvalue weighted by Crippen LogP contribution is 2.25. The first-order valence-corrected chi connectivity index (χ1v) is 6.99. The maximum atomic E-state index is 11.5. The van der Waals surface area contributed by atoms with Gasteiger partial charge in [-0.1, -0.05) is 26.0 Å². The molecular weight excluding hydrogens is 256 g/mol. The molecule has 2 N–H and O–H groups in total. The van der Waals surface area contributed by atoms with Crippen molar-refractivity contribution in [1.82, 2.24) is 10.6 Å². The molecule has 0 saturated heterocycles. The minimum atomic E-state index is -0.223. The Labute approximate surface area is 120 Å². The van der Waals surface area contributed by atoms with Gasteiger partial charge in [-0.3, -0.25) is 0 Å². The molecule has 0 aromatic heterocycles. The Morgan fingerprint density at radius 3 is 2.40 bits per heavy atom. The van der Waals surface area contributed by atoms with Crippen LogP contribution in [0.25, 0.3) is 0 Å². The van der Waals surface area contributed by atoms with Crippen LogP contribution in [0.4, 0.5) is 4.79 Å². The summed E-state index contributed by atoms with van der Waals surface area (Å²) in [4.78, 5) is 11.5. The van der Waals surface area contributed by atoms with Crippen LogP contribution < -0.4 is 20.1 Å². The van der Waals surface area contributed by atoms with Crippen molar-refractivity contribution in [3.63, 3.8) is 0 Å². The van der Waals surface area contributed by atoms with E-state index in [1.54, 1.807) is 0 Å². The molecule has 20 heavy (non-hydrogen) atoms. The average molecular weight is 280 g/mol. The Morgan fingerprint density at radius 1 is 1.15 bits per heavy atom. The average Bonchev–Trinajstić information content (AvgIpc) is 2.40. The minimum absolute atomic E-state index is 0.109. The van der Waals surface area contributed by atoms with Crippen molar-refractivity contribution in [2.45, 2.75) is 27.2 Å². The maximum Gasteiger partial charge on any atom is 0.317 e. The molecule has 0 aliphatic rings. The molecule has 0 aliphatic carbocycles. The van der Waals surface area contributed by atoms with Crippen LogP contribution in [0.3, 0.4) is 0 Å². The molecule has 0 aliphatic heterocycles. The molecule has 0 bridgehead atoms. The smallest absolute Gasteiger partial charge is 0.317 e. The Balaban J connectivity index is 2.28. The molecule has 1 aromatic carbocycles. The lowest BCUT2D eigenvalue weighted by molar-refractivity contribution is 0.219. The first kappa shape index (κ1) is 16.1. The zero-order valence-electron chi connectivity index (χ0n) is 12.4. The molecule has 1 aromatic rings. The second-order valence-corrected chi connectivity index (χ2v) is 4.78. The number of hydrogen-bond acceptors (Lipinski definition) is 3. The number of hydrogen-bond donors (Lipinski definition) is 2. The molecular formula is C15H24N2O3. The number of carbonyl (C=O) groups excluding carboxylic acids is 1. The number of carbonyl (C=O) groups is 1. The third-order valence-electron chi connectivity index (χ3n) is 2.62. The first-order chi connectivity index (χ1) is 9.63. The molecule has 5 heteroatoms. The zero-order valence-corrected chi connectivity index (χ0v) is 12.4. The standard InChI is InChI=1S/C15H24N2O3/c1-4-19-13-7-5-6-8-14(13)20-11-17-15(18)16-10-9-12(2)3/h5-8,12H,4,9-11H2,1-3H3,(H2,16,17,18). The zero-order chi connectivity index (χ0) is 14.8. The normalized spacial score (nSPS) is 10.2. The van der Waals surface area contributed by atoms with Gasteiger partial charge < -0.3 is 20.1 Å². The van der Waals surface area contributed by atoms with Gasteiger partial charge in [0, 0.05) is 6.54 Å². The van der Waals surface area contributed by atoms with E-state index in [2.05, 4.69) is 24.5 Å². The fourth-order valence-electron chi connectivity index (χ4n) is 1.56. The molecule has 0 atom stereocenters. The van der Waals surface area contributed by atoms with Crippen LogP contribution >= 0.6 is 0 Å². The summed E-state index contributed by atoms with van der Waals surface area (Å²) in [6.07, 6.45) is 0.960. The highest BCUT2D eigenvalue weighted by atomic mass is 16.5. The molecule has 0 saturated carbocycles. The topological polar surface area (TPSA) is 59.6 Å². The van der Waals surface area contributed by atoms with Gasteiger partial charge in [0.15, 0.2) is 18.2 Å². The lowest BCUT2D eigenvalue weighted by Gasteiger charge is -2.13. The van der Waals surface area contributed by atoms with E-state index >= 15 is 0 Å². The van der Waals surface area contributed by atoms with E-state index in [1.165, 1.54) is 0 Å². The summed E-state index contributed by atoms with van der Waals surface area (Å²) in [6, 6.07) is 7.16. The molecule has 0 fully saturated rings. The van der Waals surface area contributed by atoms with Gasteiger partial charge in [-0.25, -0.2) is 4.79 Å². The third kappa shape index (κ3) is 6.31. The highest BCUT2D eigenvalue weighted by molar-refractivity contribution is 5.73. The number of rotatable bonds is 8. The van der Waals surface area contributed by atoms with E-state index in [0.717, 1.165) is 6.42 Å². The van der Waals surface area contributed by atoms with Crippen LogP contribution in [0.1, 0.15) is 27.2 Å². The summed E-state index contributed by atoms with van der Waals surface area (Å²) in [6.45, 7) is 7.50. The Bertz CT molecular complexity index is 408. The number of nitrogens with one attached hydrogen (secondary N) is 2. The van der Waals surface area contributed by atoms with Gasteiger partial charge in [-0.15, -0.1) is 0 Å². The number of amides is 2. The van der Waals surface area contributed by atoms with Crippen molar-refractivity contribution in [1.29, 1.82) is 0 Å². The van der Waals surface area contributed by atoms with E-state index < -0.39 is 0 Å². The predicted octanol–water partition coefficient (Wildman–Crippen LogP) is 2.77. The molecule has 0 unspecified atom stereocenters. The summed E-state index contributed by atoms with van der Waals surface area (Å²) in [5.41, 5.74) is 0. The van der Waals surface area contributed by atoms with Crippen molar-refractivity contribution >= 4 is 6.03 Å². The molecule has 5 nitrogen and oxygen atoms in total. The van der Waals surface area contributed by atoms with Crippen molar-refractivity contribution < 1.29 is 14.3 Å². The van der Waals surface area contributed by atoms with Gasteiger partial charge in [-0.2, -0.15) is 0 Å². The highest BCUT2D eigenvalue weighted by Gasteiger charge is 2.04. The predicted molar refractivity (Wildman–Crippen MR) is 79.1 cm³/mol. The fraction of sp³-hybridized carbons (Fsp3) is 0.533. The Kier molecular flexibility index (Phi) is 7.32. The van der Waals surface area contributed by atoms with Crippen LogP contribution in [0.2, 0.25) is 0 Å². The van der Waals surface area contributed by atoms with Crippen LogP contribution in [0, 0.1) is 5.92 Å². The third-order valence-corrected chi connectivity index (χ3v) is 2.62. The van der Waals surface area contributed by atoms with E-state index in [-0.39, 0.29) is 12.8 Å². The van der Waals surface area contributed by atoms with Crippen LogP contribution in [0.15, 0.2) is 24.3 Å². The SMILES string of the molecule is CCOc1ccccc1OCNC(=O)NCCC(C)C. The number of urea groups is 1. The van der Waals surface area contributed by atoms with Crippen molar-refractivity contribution in [3.8, 4) is 11.5 Å². The molecule has 0 heterocycles.